The predicted molar refractivity (Wildman–Crippen MR) is 63.2 cm³/mol. The lowest BCUT2D eigenvalue weighted by atomic mass is 10.3. The number of nitrogens with two attached hydrogens (primary N) is 1. The average Bonchev–Trinajstić information content (AvgIpc) is 2.89. The number of nitrogen functional groups attached to an aromatic ring is 1. The van der Waals surface area contributed by atoms with Crippen LogP contribution in [0.3, 0.4) is 0 Å². The van der Waals surface area contributed by atoms with Crippen molar-refractivity contribution in [2.75, 3.05) is 30.7 Å². The van der Waals surface area contributed by atoms with Crippen molar-refractivity contribution in [3.63, 3.8) is 0 Å². The fourth-order valence-corrected chi connectivity index (χ4v) is 2.23. The first kappa shape index (κ1) is 11.1. The Labute approximate surface area is 98.0 Å². The molecule has 0 aromatic carbocycles. The summed E-state index contributed by atoms with van der Waals surface area (Å²) in [6.07, 6.45) is 2.76. The molecule has 1 amide bonds. The highest BCUT2D eigenvalue weighted by Gasteiger charge is 2.17. The summed E-state index contributed by atoms with van der Waals surface area (Å²) < 4.78 is 3.84. The van der Waals surface area contributed by atoms with Gasteiger partial charge in [0.2, 0.25) is 17.0 Å². The molecule has 0 spiro atoms. The summed E-state index contributed by atoms with van der Waals surface area (Å²) in [6.45, 7) is 2.40. The van der Waals surface area contributed by atoms with E-state index in [-0.39, 0.29) is 11.9 Å². The lowest BCUT2D eigenvalue weighted by Gasteiger charge is -2.14. The zero-order chi connectivity index (χ0) is 11.4. The number of likely N-dealkylation sites (tertiary alicyclic amines) is 1. The topological polar surface area (TPSA) is 84.1 Å². The molecule has 1 aliphatic rings. The van der Waals surface area contributed by atoms with E-state index in [0.717, 1.165) is 25.9 Å². The Balaban J connectivity index is 1.69. The highest BCUT2D eigenvalue weighted by molar-refractivity contribution is 7.09. The number of rotatable bonds is 4. The van der Waals surface area contributed by atoms with Gasteiger partial charge in [-0.15, -0.1) is 0 Å². The van der Waals surface area contributed by atoms with Crippen LogP contribution in [-0.2, 0) is 4.79 Å². The van der Waals surface area contributed by atoms with E-state index in [4.69, 9.17) is 5.73 Å². The highest BCUT2D eigenvalue weighted by atomic mass is 32.1. The van der Waals surface area contributed by atoms with Gasteiger partial charge >= 0.3 is 0 Å². The van der Waals surface area contributed by atoms with Crippen molar-refractivity contribution in [1.82, 2.24) is 14.3 Å². The lowest BCUT2D eigenvalue weighted by molar-refractivity contribution is -0.129. The van der Waals surface area contributed by atoms with E-state index in [9.17, 15) is 4.79 Å². The van der Waals surface area contributed by atoms with Crippen LogP contribution in [0.1, 0.15) is 19.3 Å². The van der Waals surface area contributed by atoms with Crippen LogP contribution in [0.4, 0.5) is 11.1 Å². The number of carbonyl (C=O) groups excluding carboxylic acids is 1. The first-order valence-corrected chi connectivity index (χ1v) is 6.14. The second kappa shape index (κ2) is 5.11. The molecule has 16 heavy (non-hydrogen) atoms. The minimum atomic E-state index is 0.211. The largest absolute Gasteiger partial charge is 0.367 e. The molecule has 88 valence electrons. The Morgan fingerprint density at radius 1 is 1.50 bits per heavy atom. The minimum absolute atomic E-state index is 0.211. The van der Waals surface area contributed by atoms with Crippen LogP contribution in [0.5, 0.6) is 0 Å². The Bertz CT molecular complexity index is 361. The van der Waals surface area contributed by atoms with Crippen LogP contribution in [0.15, 0.2) is 0 Å². The van der Waals surface area contributed by atoms with Gasteiger partial charge in [-0.3, -0.25) is 4.79 Å². The number of nitrogens with one attached hydrogen (secondary N) is 1. The smallest absolute Gasteiger partial charge is 0.233 e. The van der Waals surface area contributed by atoms with Gasteiger partial charge in [0.25, 0.3) is 0 Å². The van der Waals surface area contributed by atoms with E-state index in [1.165, 1.54) is 11.5 Å². The SMILES string of the molecule is Nc1nsc(NCCC(=O)N2CCCC2)n1. The van der Waals surface area contributed by atoms with Crippen LogP contribution in [-0.4, -0.2) is 39.8 Å². The van der Waals surface area contributed by atoms with Gasteiger partial charge in [-0.25, -0.2) is 0 Å². The number of anilines is 2. The van der Waals surface area contributed by atoms with E-state index in [2.05, 4.69) is 14.7 Å². The molecule has 1 saturated heterocycles. The quantitative estimate of drug-likeness (QED) is 0.804. The Kier molecular flexibility index (Phi) is 3.55. The number of hydrogen-bond acceptors (Lipinski definition) is 6. The lowest BCUT2D eigenvalue weighted by Crippen LogP contribution is -2.29. The molecule has 0 saturated carbocycles. The summed E-state index contributed by atoms with van der Waals surface area (Å²) in [5.41, 5.74) is 5.38. The third-order valence-corrected chi connectivity index (χ3v) is 3.20. The number of amides is 1. The van der Waals surface area contributed by atoms with E-state index in [1.807, 2.05) is 4.90 Å². The van der Waals surface area contributed by atoms with Crippen molar-refractivity contribution < 1.29 is 4.79 Å². The van der Waals surface area contributed by atoms with Gasteiger partial charge in [0.15, 0.2) is 0 Å². The Hall–Kier alpha value is -1.37. The molecular formula is C9H15N5OS. The fraction of sp³-hybridized carbons (Fsp3) is 0.667. The molecule has 3 N–H and O–H groups in total. The van der Waals surface area contributed by atoms with Crippen LogP contribution >= 0.6 is 11.5 Å². The maximum Gasteiger partial charge on any atom is 0.233 e. The first-order chi connectivity index (χ1) is 7.75. The molecule has 1 aliphatic heterocycles. The average molecular weight is 241 g/mol. The molecule has 1 fully saturated rings. The number of aromatic nitrogens is 2. The van der Waals surface area contributed by atoms with Crippen LogP contribution in [0, 0.1) is 0 Å². The summed E-state index contributed by atoms with van der Waals surface area (Å²) in [7, 11) is 0. The van der Waals surface area contributed by atoms with Crippen LogP contribution < -0.4 is 11.1 Å². The Morgan fingerprint density at radius 3 is 2.88 bits per heavy atom. The molecule has 0 unspecified atom stereocenters. The van der Waals surface area contributed by atoms with Crippen LogP contribution in [0.2, 0.25) is 0 Å². The molecule has 2 heterocycles. The first-order valence-electron chi connectivity index (χ1n) is 5.36. The number of nitrogens with zero attached hydrogens (tertiary/aromatic N) is 3. The predicted octanol–water partition coefficient (Wildman–Crippen LogP) is 0.545. The molecule has 0 radical (unpaired) electrons. The van der Waals surface area contributed by atoms with Gasteiger partial charge in [0, 0.05) is 37.6 Å². The van der Waals surface area contributed by atoms with E-state index >= 15 is 0 Å². The van der Waals surface area contributed by atoms with Crippen LogP contribution in [0.25, 0.3) is 0 Å². The van der Waals surface area contributed by atoms with E-state index in [1.54, 1.807) is 0 Å². The molecule has 2 rings (SSSR count). The van der Waals surface area contributed by atoms with Gasteiger partial charge in [0.05, 0.1) is 0 Å². The molecule has 1 aromatic rings. The zero-order valence-corrected chi connectivity index (χ0v) is 9.79. The third-order valence-electron chi connectivity index (χ3n) is 2.52. The molecule has 1 aromatic heterocycles. The van der Waals surface area contributed by atoms with Crippen molar-refractivity contribution in [2.45, 2.75) is 19.3 Å². The number of carbonyl (C=O) groups is 1. The molecule has 7 heteroatoms. The van der Waals surface area contributed by atoms with Crippen molar-refractivity contribution in [3.8, 4) is 0 Å². The van der Waals surface area contributed by atoms with E-state index in [0.29, 0.717) is 18.1 Å². The maximum absolute atomic E-state index is 11.7. The summed E-state index contributed by atoms with van der Waals surface area (Å²) in [5, 5.41) is 3.71. The summed E-state index contributed by atoms with van der Waals surface area (Å²) in [4.78, 5) is 17.5. The fourth-order valence-electron chi connectivity index (χ4n) is 1.71. The Morgan fingerprint density at radius 2 is 2.25 bits per heavy atom. The third kappa shape index (κ3) is 2.82. The second-order valence-electron chi connectivity index (χ2n) is 3.72. The summed E-state index contributed by atoms with van der Waals surface area (Å²) >= 11 is 1.21. The summed E-state index contributed by atoms with van der Waals surface area (Å²) in [6, 6.07) is 0. The van der Waals surface area contributed by atoms with Gasteiger partial charge in [-0.05, 0) is 12.8 Å². The maximum atomic E-state index is 11.7. The number of hydrogen-bond donors (Lipinski definition) is 2. The molecule has 0 atom stereocenters. The normalized spacial score (nSPS) is 15.4. The summed E-state index contributed by atoms with van der Waals surface area (Å²) in [5.74, 6) is 0.487. The van der Waals surface area contributed by atoms with Gasteiger partial charge < -0.3 is 16.0 Å². The van der Waals surface area contributed by atoms with Gasteiger partial charge in [-0.2, -0.15) is 9.36 Å². The van der Waals surface area contributed by atoms with Crippen molar-refractivity contribution in [1.29, 1.82) is 0 Å². The second-order valence-corrected chi connectivity index (χ2v) is 4.47. The zero-order valence-electron chi connectivity index (χ0n) is 8.98. The van der Waals surface area contributed by atoms with Crippen molar-refractivity contribution in [2.24, 2.45) is 0 Å². The standard InChI is InChI=1S/C9H15N5OS/c10-8-12-9(16-13-8)11-4-3-7(15)14-5-1-2-6-14/h1-6H2,(H3,10,11,12,13). The molecular weight excluding hydrogens is 226 g/mol. The molecule has 0 aliphatic carbocycles. The van der Waals surface area contributed by atoms with Gasteiger partial charge in [0.1, 0.15) is 0 Å². The van der Waals surface area contributed by atoms with Crippen molar-refractivity contribution >= 4 is 28.5 Å². The monoisotopic (exact) mass is 241 g/mol. The highest BCUT2D eigenvalue weighted by Crippen LogP contribution is 2.12. The van der Waals surface area contributed by atoms with Crippen molar-refractivity contribution in [3.05, 3.63) is 0 Å². The van der Waals surface area contributed by atoms with E-state index < -0.39 is 0 Å². The van der Waals surface area contributed by atoms with Gasteiger partial charge in [-0.1, -0.05) is 0 Å². The molecule has 0 bridgehead atoms. The minimum Gasteiger partial charge on any atom is -0.367 e. The molecule has 6 nitrogen and oxygen atoms in total.